The molecule has 2 fully saturated rings. The minimum absolute atomic E-state index is 0.00998. The lowest BCUT2D eigenvalue weighted by molar-refractivity contribution is -0.147. The zero-order chi connectivity index (χ0) is 63.1. The Hall–Kier alpha value is -8.94. The zero-order valence-electron chi connectivity index (χ0n) is 47.6. The Kier molecular flexibility index (Phi) is 26.9. The Morgan fingerprint density at radius 2 is 1.14 bits per heavy atom. The van der Waals surface area contributed by atoms with Crippen molar-refractivity contribution < 1.29 is 72.5 Å². The summed E-state index contributed by atoms with van der Waals surface area (Å²) in [7, 11) is 0. The third-order valence-electron chi connectivity index (χ3n) is 14.2. The highest BCUT2D eigenvalue weighted by Crippen LogP contribution is 2.26. The number of H-pyrrole nitrogens is 1. The number of aliphatic hydroxyl groups is 1. The number of aliphatic imine (C=N–C) groups is 1. The Balaban J connectivity index is 1.60. The van der Waals surface area contributed by atoms with E-state index in [1.54, 1.807) is 44.3 Å². The number of rotatable bonds is 35. The number of nitrogens with zero attached hydrogens (tertiary/aromatic N) is 3. The molecule has 1 aromatic carbocycles. The fourth-order valence-electron chi connectivity index (χ4n) is 9.77. The molecule has 0 bridgehead atoms. The molecule has 1 aromatic heterocycles. The fraction of sp³-hybridized carbons (Fsp3) is 0.585. The van der Waals surface area contributed by atoms with E-state index in [0.29, 0.717) is 29.3 Å². The van der Waals surface area contributed by atoms with Crippen LogP contribution in [0.1, 0.15) is 103 Å². The number of nitrogens with two attached hydrogens (primary N) is 6. The number of likely N-dealkylation sites (tertiary alicyclic amines) is 2. The second-order valence-corrected chi connectivity index (χ2v) is 21.3. The number of amides is 12. The van der Waals surface area contributed by atoms with Gasteiger partial charge in [-0.3, -0.25) is 62.5 Å². The van der Waals surface area contributed by atoms with Gasteiger partial charge in [-0.25, -0.2) is 4.79 Å². The first-order valence-electron chi connectivity index (χ1n) is 27.9. The summed E-state index contributed by atoms with van der Waals surface area (Å²) >= 11 is 0. The van der Waals surface area contributed by atoms with Gasteiger partial charge in [-0.15, -0.1) is 0 Å². The average Bonchev–Trinajstić information content (AvgIpc) is 4.33. The van der Waals surface area contributed by atoms with Crippen molar-refractivity contribution in [2.45, 2.75) is 158 Å². The van der Waals surface area contributed by atoms with Crippen molar-refractivity contribution in [2.75, 3.05) is 32.8 Å². The summed E-state index contributed by atoms with van der Waals surface area (Å²) in [4.78, 5) is 182. The van der Waals surface area contributed by atoms with Gasteiger partial charge in [0.15, 0.2) is 5.96 Å². The number of fused-ring (bicyclic) bond motifs is 1. The number of aromatic nitrogens is 1. The number of carbonyl (C=O) groups excluding carboxylic acids is 12. The monoisotopic (exact) mass is 1200 g/mol. The number of nitrogens with one attached hydrogen (secondary N) is 8. The number of aliphatic hydroxyl groups excluding tert-OH is 1. The van der Waals surface area contributed by atoms with Gasteiger partial charge in [-0.05, 0) is 81.8 Å². The average molecular weight is 1200 g/mol. The van der Waals surface area contributed by atoms with E-state index >= 15 is 0 Å². The van der Waals surface area contributed by atoms with Crippen molar-refractivity contribution >= 4 is 93.7 Å². The molecule has 0 aliphatic carbocycles. The van der Waals surface area contributed by atoms with Gasteiger partial charge in [0.25, 0.3) is 0 Å². The SMILES string of the molecule is CC(C)C[C@H](NC(=O)[C@@H]1CCCN1C(=O)[C@@H]1CCCN1C(=O)CNC(=O)[C@@H](N)CCC(N)=O)C(=O)N[C@@H](CCC(N)=O)C(=O)N[C@@H](Cc1c[nH]c2ccccc12)C(=O)N[C@@H](CCCN=C(N)N)C(=O)N[C@@H](CCC(N)=O)C(=O)N[C@@H](CO)C(=O)O. The summed E-state index contributed by atoms with van der Waals surface area (Å²) in [5.41, 5.74) is 34.0. The van der Waals surface area contributed by atoms with Gasteiger partial charge in [-0.1, -0.05) is 32.0 Å². The fourth-order valence-corrected chi connectivity index (χ4v) is 9.77. The number of benzene rings is 1. The van der Waals surface area contributed by atoms with Crippen molar-refractivity contribution in [1.82, 2.24) is 52.0 Å². The van der Waals surface area contributed by atoms with Gasteiger partial charge in [0.05, 0.1) is 19.2 Å². The molecule has 2 saturated heterocycles. The molecule has 0 unspecified atom stereocenters. The molecular weight excluding hydrogens is 1110 g/mol. The highest BCUT2D eigenvalue weighted by atomic mass is 16.4. The molecular formula is C53H81N17O15. The summed E-state index contributed by atoms with van der Waals surface area (Å²) < 4.78 is 0. The minimum atomic E-state index is -1.80. The van der Waals surface area contributed by atoms with Crippen LogP contribution in [0.4, 0.5) is 0 Å². The largest absolute Gasteiger partial charge is 0.480 e. The van der Waals surface area contributed by atoms with E-state index in [2.05, 4.69) is 47.2 Å². The van der Waals surface area contributed by atoms with Crippen LogP contribution in [-0.2, 0) is 68.7 Å². The lowest BCUT2D eigenvalue weighted by Crippen LogP contribution is -2.60. The van der Waals surface area contributed by atoms with Crippen molar-refractivity contribution in [2.24, 2.45) is 45.3 Å². The number of carbonyl (C=O) groups is 13. The van der Waals surface area contributed by atoms with E-state index in [9.17, 15) is 72.5 Å². The van der Waals surface area contributed by atoms with Crippen molar-refractivity contribution in [3.8, 4) is 0 Å². The summed E-state index contributed by atoms with van der Waals surface area (Å²) in [6.07, 6.45) is 0.495. The van der Waals surface area contributed by atoms with Crippen LogP contribution in [0.2, 0.25) is 0 Å². The van der Waals surface area contributed by atoms with Crippen LogP contribution in [0.25, 0.3) is 10.9 Å². The first-order valence-corrected chi connectivity index (χ1v) is 27.9. The quantitative estimate of drug-likeness (QED) is 0.0174. The number of carboxylic acid groups (broad SMARTS) is 1. The van der Waals surface area contributed by atoms with Crippen molar-refractivity contribution in [1.29, 1.82) is 0 Å². The maximum Gasteiger partial charge on any atom is 0.328 e. The maximum absolute atomic E-state index is 14.7. The van der Waals surface area contributed by atoms with Gasteiger partial charge in [0.1, 0.15) is 48.3 Å². The standard InChI is InChI=1S/C53H81N17O15/c1-27(2)22-35(67-50(82)38-11-6-21-70(38)51(83)39-12-7-20-69(39)43(75)25-62-44(76)30(54)13-16-40(55)72)48(80)65-33(14-17-41(56)73)46(78)66-36(23-28-24-61-31-9-4-3-8-29(28)31)49(81)63-32(10-5-19-60-53(58)59)45(77)64-34(15-18-42(57)74)47(79)68-37(26-71)52(84)85/h3-4,8-9,24,27,30,32-39,61,71H,5-7,10-23,25-26,54H2,1-2H3,(H2,55,72)(H2,56,73)(H2,57,74)(H,62,76)(H,63,81)(H,64,77)(H,65,80)(H,66,78)(H,67,82)(H,68,79)(H,84,85)(H4,58,59,60)/t30-,32-,33-,34-,35-,36-,37-,38-,39-/m0/s1. The Morgan fingerprint density at radius 1 is 0.635 bits per heavy atom. The molecule has 9 atom stereocenters. The van der Waals surface area contributed by atoms with Crippen molar-refractivity contribution in [3.63, 3.8) is 0 Å². The summed E-state index contributed by atoms with van der Waals surface area (Å²) in [5, 5.41) is 37.1. The molecule has 0 spiro atoms. The Morgan fingerprint density at radius 3 is 1.69 bits per heavy atom. The normalized spacial score (nSPS) is 17.2. The van der Waals surface area contributed by atoms with Crippen LogP contribution in [0.5, 0.6) is 0 Å². The van der Waals surface area contributed by atoms with Gasteiger partial charge in [0, 0.05) is 62.4 Å². The van der Waals surface area contributed by atoms with E-state index in [0.717, 1.165) is 0 Å². The molecule has 12 amide bonds. The smallest absolute Gasteiger partial charge is 0.328 e. The minimum Gasteiger partial charge on any atom is -0.480 e. The van der Waals surface area contributed by atoms with E-state index in [1.807, 2.05) is 0 Å². The van der Waals surface area contributed by atoms with E-state index in [-0.39, 0.29) is 82.9 Å². The zero-order valence-corrected chi connectivity index (χ0v) is 47.6. The van der Waals surface area contributed by atoms with E-state index in [4.69, 9.17) is 34.4 Å². The molecule has 2 aliphatic heterocycles. The van der Waals surface area contributed by atoms with Crippen LogP contribution in [0, 0.1) is 5.92 Å². The number of hydrogen-bond acceptors (Lipinski definition) is 16. The lowest BCUT2D eigenvalue weighted by Gasteiger charge is -2.32. The first kappa shape index (κ1) is 68.6. The third-order valence-corrected chi connectivity index (χ3v) is 14.2. The summed E-state index contributed by atoms with van der Waals surface area (Å²) in [5.74, 6) is -12.1. The van der Waals surface area contributed by atoms with Gasteiger partial charge in [-0.2, -0.15) is 0 Å². The van der Waals surface area contributed by atoms with E-state index < -0.39 is 170 Å². The number of aromatic amines is 1. The Labute approximate surface area is 489 Å². The number of aliphatic carboxylic acids is 1. The third kappa shape index (κ3) is 21.6. The first-order chi connectivity index (χ1) is 40.2. The van der Waals surface area contributed by atoms with Gasteiger partial charge in [0.2, 0.25) is 70.9 Å². The summed E-state index contributed by atoms with van der Waals surface area (Å²) in [6.45, 7) is 2.29. The van der Waals surface area contributed by atoms with Crippen molar-refractivity contribution in [3.05, 3.63) is 36.0 Å². The molecule has 32 heteroatoms. The molecule has 4 rings (SSSR count). The molecule has 0 radical (unpaired) electrons. The predicted molar refractivity (Wildman–Crippen MR) is 303 cm³/mol. The molecule has 22 N–H and O–H groups in total. The van der Waals surface area contributed by atoms with Crippen LogP contribution < -0.4 is 71.6 Å². The van der Waals surface area contributed by atoms with Crippen LogP contribution >= 0.6 is 0 Å². The topological polar surface area (TPSA) is 537 Å². The highest BCUT2D eigenvalue weighted by molar-refractivity contribution is 5.99. The van der Waals surface area contributed by atoms with Crippen LogP contribution in [-0.4, -0.2) is 195 Å². The highest BCUT2D eigenvalue weighted by Gasteiger charge is 2.43. The number of hydrogen-bond donors (Lipinski definition) is 16. The molecule has 2 aliphatic rings. The van der Waals surface area contributed by atoms with E-state index in [1.165, 1.54) is 9.80 Å². The summed E-state index contributed by atoms with van der Waals surface area (Å²) in [6, 6.07) is -5.70. The Bertz CT molecular complexity index is 2790. The molecule has 2 aromatic rings. The van der Waals surface area contributed by atoms with Crippen LogP contribution in [0.15, 0.2) is 35.5 Å². The van der Waals surface area contributed by atoms with Gasteiger partial charge < -0.3 is 96.6 Å². The number of guanidine groups is 1. The maximum atomic E-state index is 14.7. The number of para-hydroxylation sites is 1. The lowest BCUT2D eigenvalue weighted by atomic mass is 10.0. The molecule has 468 valence electrons. The molecule has 0 saturated carbocycles. The molecule has 3 heterocycles. The second kappa shape index (κ2) is 33.4. The predicted octanol–water partition coefficient (Wildman–Crippen LogP) is -5.98. The number of carboxylic acids is 1. The second-order valence-electron chi connectivity index (χ2n) is 21.3. The van der Waals surface area contributed by atoms with Gasteiger partial charge >= 0.3 is 5.97 Å². The molecule has 32 nitrogen and oxygen atoms in total. The van der Waals surface area contributed by atoms with Crippen LogP contribution in [0.3, 0.4) is 0 Å². The molecule has 85 heavy (non-hydrogen) atoms. The number of primary amides is 3.